The van der Waals surface area contributed by atoms with E-state index in [1.54, 1.807) is 24.1 Å². The summed E-state index contributed by atoms with van der Waals surface area (Å²) in [5.74, 6) is 2.06. The zero-order chi connectivity index (χ0) is 10.2. The molecule has 1 aliphatic heterocycles. The molecule has 1 atom stereocenters. The minimum Gasteiger partial charge on any atom is -0.469 e. The van der Waals surface area contributed by atoms with Crippen molar-refractivity contribution in [2.24, 2.45) is 0 Å². The Kier molecular flexibility index (Phi) is 2.43. The molecule has 3 heteroatoms. The summed E-state index contributed by atoms with van der Waals surface area (Å²) in [7, 11) is 0. The fourth-order valence-electron chi connectivity index (χ4n) is 1.86. The maximum atomic E-state index is 12.2. The SMILES string of the molecule is Cc1occc1C(=O)C1(C)CCCS1. The summed E-state index contributed by atoms with van der Waals surface area (Å²) in [4.78, 5) is 12.2. The van der Waals surface area contributed by atoms with E-state index in [0.29, 0.717) is 0 Å². The van der Waals surface area contributed by atoms with E-state index in [1.807, 2.05) is 13.8 Å². The van der Waals surface area contributed by atoms with Gasteiger partial charge in [-0.1, -0.05) is 0 Å². The minimum atomic E-state index is -0.214. The first-order valence-corrected chi connectivity index (χ1v) is 5.85. The van der Waals surface area contributed by atoms with Crippen molar-refractivity contribution >= 4 is 17.5 Å². The van der Waals surface area contributed by atoms with Gasteiger partial charge in [0.2, 0.25) is 0 Å². The second kappa shape index (κ2) is 3.46. The monoisotopic (exact) mass is 210 g/mol. The first kappa shape index (κ1) is 9.84. The number of hydrogen-bond donors (Lipinski definition) is 0. The van der Waals surface area contributed by atoms with Gasteiger partial charge in [0.05, 0.1) is 16.6 Å². The van der Waals surface area contributed by atoms with Crippen LogP contribution in [-0.2, 0) is 0 Å². The lowest BCUT2D eigenvalue weighted by atomic mass is 9.95. The second-order valence-electron chi connectivity index (χ2n) is 3.90. The van der Waals surface area contributed by atoms with Crippen LogP contribution in [0.15, 0.2) is 16.7 Å². The molecule has 0 spiro atoms. The number of carbonyl (C=O) groups is 1. The van der Waals surface area contributed by atoms with E-state index in [9.17, 15) is 4.79 Å². The zero-order valence-electron chi connectivity index (χ0n) is 8.50. The van der Waals surface area contributed by atoms with Gasteiger partial charge < -0.3 is 4.42 Å². The number of furan rings is 1. The highest BCUT2D eigenvalue weighted by Gasteiger charge is 2.38. The Balaban J connectivity index is 2.28. The van der Waals surface area contributed by atoms with E-state index in [2.05, 4.69) is 0 Å². The van der Waals surface area contributed by atoms with Crippen LogP contribution < -0.4 is 0 Å². The number of hydrogen-bond acceptors (Lipinski definition) is 3. The summed E-state index contributed by atoms with van der Waals surface area (Å²) in [5, 5.41) is 0. The molecular formula is C11H14O2S. The van der Waals surface area contributed by atoms with Crippen LogP contribution in [-0.4, -0.2) is 16.3 Å². The van der Waals surface area contributed by atoms with Gasteiger partial charge in [-0.15, -0.1) is 11.8 Å². The smallest absolute Gasteiger partial charge is 0.182 e. The lowest BCUT2D eigenvalue weighted by Crippen LogP contribution is -2.28. The Labute approximate surface area is 88.1 Å². The van der Waals surface area contributed by atoms with Crippen molar-refractivity contribution in [3.63, 3.8) is 0 Å². The van der Waals surface area contributed by atoms with E-state index in [4.69, 9.17) is 4.42 Å². The Morgan fingerprint density at radius 1 is 1.64 bits per heavy atom. The summed E-state index contributed by atoms with van der Waals surface area (Å²) in [6.07, 6.45) is 3.72. The van der Waals surface area contributed by atoms with Crippen molar-refractivity contribution in [1.82, 2.24) is 0 Å². The van der Waals surface area contributed by atoms with E-state index in [-0.39, 0.29) is 10.5 Å². The topological polar surface area (TPSA) is 30.2 Å². The number of Topliss-reactive ketones (excluding diaryl/α,β-unsaturated/α-hetero) is 1. The molecule has 0 N–H and O–H groups in total. The summed E-state index contributed by atoms with van der Waals surface area (Å²) < 4.78 is 4.95. The summed E-state index contributed by atoms with van der Waals surface area (Å²) in [5.41, 5.74) is 0.752. The standard InChI is InChI=1S/C11H14O2S/c1-8-9(4-6-13-8)10(12)11(2)5-3-7-14-11/h4,6H,3,5,7H2,1-2H3. The van der Waals surface area contributed by atoms with E-state index >= 15 is 0 Å². The highest BCUT2D eigenvalue weighted by Crippen LogP contribution is 2.40. The Hall–Kier alpha value is -0.700. The van der Waals surface area contributed by atoms with Gasteiger partial charge in [-0.3, -0.25) is 4.79 Å². The zero-order valence-corrected chi connectivity index (χ0v) is 9.32. The lowest BCUT2D eigenvalue weighted by Gasteiger charge is -2.20. The summed E-state index contributed by atoms with van der Waals surface area (Å²) in [6, 6.07) is 1.78. The second-order valence-corrected chi connectivity index (χ2v) is 5.50. The van der Waals surface area contributed by atoms with Crippen LogP contribution in [0.5, 0.6) is 0 Å². The average Bonchev–Trinajstić information content (AvgIpc) is 2.74. The van der Waals surface area contributed by atoms with Crippen molar-refractivity contribution in [2.45, 2.75) is 31.4 Å². The third kappa shape index (κ3) is 1.50. The quantitative estimate of drug-likeness (QED) is 0.703. The van der Waals surface area contributed by atoms with Crippen LogP contribution in [0.4, 0.5) is 0 Å². The predicted octanol–water partition coefficient (Wildman–Crippen LogP) is 3.06. The molecule has 14 heavy (non-hydrogen) atoms. The molecule has 2 heterocycles. The molecule has 2 rings (SSSR count). The van der Waals surface area contributed by atoms with Gasteiger partial charge in [0.1, 0.15) is 5.76 Å². The highest BCUT2D eigenvalue weighted by molar-refractivity contribution is 8.01. The highest BCUT2D eigenvalue weighted by atomic mass is 32.2. The van der Waals surface area contributed by atoms with Crippen molar-refractivity contribution < 1.29 is 9.21 Å². The molecule has 1 saturated heterocycles. The van der Waals surface area contributed by atoms with Crippen molar-refractivity contribution in [2.75, 3.05) is 5.75 Å². The van der Waals surface area contributed by atoms with E-state index < -0.39 is 0 Å². The molecule has 0 radical (unpaired) electrons. The normalized spacial score (nSPS) is 26.7. The van der Waals surface area contributed by atoms with Gasteiger partial charge in [-0.05, 0) is 38.5 Å². The molecule has 1 unspecified atom stereocenters. The number of carbonyl (C=O) groups excluding carboxylic acids is 1. The molecule has 0 aromatic carbocycles. The molecule has 2 nitrogen and oxygen atoms in total. The molecule has 1 aromatic rings. The average molecular weight is 210 g/mol. The largest absolute Gasteiger partial charge is 0.469 e. The number of thioether (sulfide) groups is 1. The van der Waals surface area contributed by atoms with Gasteiger partial charge in [0.25, 0.3) is 0 Å². The van der Waals surface area contributed by atoms with E-state index in [0.717, 1.165) is 29.9 Å². The molecule has 1 aliphatic rings. The predicted molar refractivity (Wildman–Crippen MR) is 57.9 cm³/mol. The molecule has 0 aliphatic carbocycles. The van der Waals surface area contributed by atoms with Crippen LogP contribution in [0.2, 0.25) is 0 Å². The maximum Gasteiger partial charge on any atom is 0.182 e. The number of aryl methyl sites for hydroxylation is 1. The maximum absolute atomic E-state index is 12.2. The minimum absolute atomic E-state index is 0.214. The Morgan fingerprint density at radius 2 is 2.43 bits per heavy atom. The molecule has 0 amide bonds. The first-order chi connectivity index (χ1) is 6.63. The molecule has 1 aromatic heterocycles. The summed E-state index contributed by atoms with van der Waals surface area (Å²) in [6.45, 7) is 3.88. The van der Waals surface area contributed by atoms with Crippen LogP contribution in [0, 0.1) is 6.92 Å². The lowest BCUT2D eigenvalue weighted by molar-refractivity contribution is 0.0947. The summed E-state index contributed by atoms with van der Waals surface area (Å²) >= 11 is 1.77. The molecule has 76 valence electrons. The molecule has 1 fully saturated rings. The number of ketones is 1. The Morgan fingerprint density at radius 3 is 2.93 bits per heavy atom. The van der Waals surface area contributed by atoms with Crippen molar-refractivity contribution in [1.29, 1.82) is 0 Å². The van der Waals surface area contributed by atoms with Gasteiger partial charge in [-0.25, -0.2) is 0 Å². The van der Waals surface area contributed by atoms with Gasteiger partial charge in [-0.2, -0.15) is 0 Å². The van der Waals surface area contributed by atoms with Gasteiger partial charge >= 0.3 is 0 Å². The fraction of sp³-hybridized carbons (Fsp3) is 0.545. The van der Waals surface area contributed by atoms with E-state index in [1.165, 1.54) is 0 Å². The van der Waals surface area contributed by atoms with Crippen LogP contribution in [0.3, 0.4) is 0 Å². The number of rotatable bonds is 2. The molecule has 0 saturated carbocycles. The fourth-order valence-corrected chi connectivity index (χ4v) is 3.13. The van der Waals surface area contributed by atoms with Gasteiger partial charge in [0, 0.05) is 0 Å². The Bertz CT molecular complexity index is 348. The van der Waals surface area contributed by atoms with Gasteiger partial charge in [0.15, 0.2) is 5.78 Å². The third-order valence-corrected chi connectivity index (χ3v) is 4.32. The van der Waals surface area contributed by atoms with Crippen LogP contribution in [0.1, 0.15) is 35.9 Å². The first-order valence-electron chi connectivity index (χ1n) is 4.86. The molecule has 0 bridgehead atoms. The van der Waals surface area contributed by atoms with Crippen molar-refractivity contribution in [3.8, 4) is 0 Å². The van der Waals surface area contributed by atoms with Crippen LogP contribution in [0.25, 0.3) is 0 Å². The van der Waals surface area contributed by atoms with Crippen molar-refractivity contribution in [3.05, 3.63) is 23.7 Å². The molecular weight excluding hydrogens is 196 g/mol. The third-order valence-electron chi connectivity index (χ3n) is 2.80. The van der Waals surface area contributed by atoms with Crippen LogP contribution >= 0.6 is 11.8 Å².